The summed E-state index contributed by atoms with van der Waals surface area (Å²) in [6.45, 7) is 2.05. The number of aromatic nitrogens is 2. The Bertz CT molecular complexity index is 339. The van der Waals surface area contributed by atoms with Crippen molar-refractivity contribution < 1.29 is 4.79 Å². The van der Waals surface area contributed by atoms with E-state index in [9.17, 15) is 4.79 Å². The first-order valence-electron chi connectivity index (χ1n) is 5.17. The molecule has 0 aliphatic heterocycles. The van der Waals surface area contributed by atoms with Crippen LogP contribution in [0.1, 0.15) is 25.3 Å². The molecule has 0 bridgehead atoms. The van der Waals surface area contributed by atoms with Crippen molar-refractivity contribution in [2.24, 2.45) is 18.9 Å². The Kier molecular flexibility index (Phi) is 2.40. The number of hydrogen-bond acceptors (Lipinski definition) is 2. The van der Waals surface area contributed by atoms with Crippen LogP contribution >= 0.6 is 0 Å². The molecule has 1 fully saturated rings. The van der Waals surface area contributed by atoms with Crippen LogP contribution in [0.4, 0.5) is 0 Å². The van der Waals surface area contributed by atoms with E-state index in [1.807, 2.05) is 13.2 Å². The molecular weight excluding hydrogens is 176 g/mol. The molecule has 1 atom stereocenters. The topological polar surface area (TPSA) is 34.9 Å². The van der Waals surface area contributed by atoms with E-state index in [1.54, 1.807) is 10.9 Å². The average Bonchev–Trinajstić information content (AvgIpc) is 2.91. The number of ketones is 1. The van der Waals surface area contributed by atoms with E-state index < -0.39 is 0 Å². The predicted molar refractivity (Wildman–Crippen MR) is 53.8 cm³/mol. The van der Waals surface area contributed by atoms with Crippen LogP contribution in [0.5, 0.6) is 0 Å². The molecule has 3 nitrogen and oxygen atoms in total. The Morgan fingerprint density at radius 3 is 2.93 bits per heavy atom. The lowest BCUT2D eigenvalue weighted by atomic mass is 9.97. The van der Waals surface area contributed by atoms with Crippen LogP contribution in [-0.4, -0.2) is 15.6 Å². The molecule has 0 saturated heterocycles. The number of carbonyl (C=O) groups is 1. The van der Waals surface area contributed by atoms with Crippen LogP contribution in [-0.2, 0) is 18.3 Å². The number of carbonyl (C=O) groups excluding carboxylic acids is 1. The molecule has 0 N–H and O–H groups in total. The zero-order valence-electron chi connectivity index (χ0n) is 8.73. The van der Waals surface area contributed by atoms with Crippen molar-refractivity contribution in [1.29, 1.82) is 0 Å². The van der Waals surface area contributed by atoms with Crippen molar-refractivity contribution in [1.82, 2.24) is 9.78 Å². The Balaban J connectivity index is 1.93. The van der Waals surface area contributed by atoms with Gasteiger partial charge in [-0.15, -0.1) is 0 Å². The normalized spacial score (nSPS) is 18.1. The van der Waals surface area contributed by atoms with E-state index in [0.717, 1.165) is 5.56 Å². The van der Waals surface area contributed by atoms with E-state index in [2.05, 4.69) is 12.0 Å². The van der Waals surface area contributed by atoms with Gasteiger partial charge in [0.15, 0.2) is 0 Å². The van der Waals surface area contributed by atoms with E-state index in [-0.39, 0.29) is 5.92 Å². The minimum atomic E-state index is 0.246. The maximum atomic E-state index is 11.8. The second kappa shape index (κ2) is 3.56. The summed E-state index contributed by atoms with van der Waals surface area (Å²) < 4.78 is 1.74. The fraction of sp³-hybridized carbons (Fsp3) is 0.636. The minimum absolute atomic E-state index is 0.246. The number of aryl methyl sites for hydroxylation is 1. The number of Topliss-reactive ketones (excluding diaryl/α,β-unsaturated/α-hetero) is 1. The molecule has 1 heterocycles. The molecule has 1 unspecified atom stereocenters. The zero-order valence-corrected chi connectivity index (χ0v) is 8.73. The van der Waals surface area contributed by atoms with E-state index in [4.69, 9.17) is 0 Å². The van der Waals surface area contributed by atoms with Gasteiger partial charge >= 0.3 is 0 Å². The SMILES string of the molecule is CC(C(=O)Cc1cnn(C)c1)C1CC1. The van der Waals surface area contributed by atoms with Crippen molar-refractivity contribution in [3.05, 3.63) is 18.0 Å². The van der Waals surface area contributed by atoms with Crippen LogP contribution in [0, 0.1) is 11.8 Å². The summed E-state index contributed by atoms with van der Waals surface area (Å²) in [5, 5.41) is 4.05. The van der Waals surface area contributed by atoms with Gasteiger partial charge in [0.25, 0.3) is 0 Å². The summed E-state index contributed by atoms with van der Waals surface area (Å²) in [5.41, 5.74) is 1.03. The van der Waals surface area contributed by atoms with Gasteiger partial charge in [-0.25, -0.2) is 0 Å². The lowest BCUT2D eigenvalue weighted by Gasteiger charge is -2.06. The fourth-order valence-corrected chi connectivity index (χ4v) is 1.78. The van der Waals surface area contributed by atoms with Crippen LogP contribution in [0.2, 0.25) is 0 Å². The molecule has 0 amide bonds. The van der Waals surface area contributed by atoms with Crippen molar-refractivity contribution in [2.75, 3.05) is 0 Å². The summed E-state index contributed by atoms with van der Waals surface area (Å²) in [4.78, 5) is 11.8. The molecule has 1 aromatic rings. The maximum absolute atomic E-state index is 11.8. The lowest BCUT2D eigenvalue weighted by molar-refractivity contribution is -0.122. The van der Waals surface area contributed by atoms with Gasteiger partial charge in [0.1, 0.15) is 5.78 Å². The van der Waals surface area contributed by atoms with Crippen LogP contribution in [0.3, 0.4) is 0 Å². The van der Waals surface area contributed by atoms with Crippen molar-refractivity contribution in [2.45, 2.75) is 26.2 Å². The zero-order chi connectivity index (χ0) is 10.1. The molecule has 0 radical (unpaired) electrons. The van der Waals surface area contributed by atoms with Gasteiger partial charge in [0.05, 0.1) is 6.20 Å². The molecule has 0 spiro atoms. The Labute approximate surface area is 84.1 Å². The van der Waals surface area contributed by atoms with E-state index in [1.165, 1.54) is 12.8 Å². The molecule has 1 aliphatic rings. The minimum Gasteiger partial charge on any atom is -0.299 e. The van der Waals surface area contributed by atoms with Crippen LogP contribution < -0.4 is 0 Å². The summed E-state index contributed by atoms with van der Waals surface area (Å²) in [6.07, 6.45) is 6.71. The van der Waals surface area contributed by atoms with Crippen LogP contribution in [0.25, 0.3) is 0 Å². The Morgan fingerprint density at radius 1 is 1.71 bits per heavy atom. The Morgan fingerprint density at radius 2 is 2.43 bits per heavy atom. The highest BCUT2D eigenvalue weighted by atomic mass is 16.1. The highest BCUT2D eigenvalue weighted by molar-refractivity contribution is 5.83. The third-order valence-corrected chi connectivity index (χ3v) is 2.97. The third kappa shape index (κ3) is 2.03. The number of nitrogens with zero attached hydrogens (tertiary/aromatic N) is 2. The third-order valence-electron chi connectivity index (χ3n) is 2.97. The molecule has 3 heteroatoms. The Hall–Kier alpha value is -1.12. The van der Waals surface area contributed by atoms with E-state index >= 15 is 0 Å². The summed E-state index contributed by atoms with van der Waals surface area (Å²) in [7, 11) is 1.87. The van der Waals surface area contributed by atoms with Gasteiger partial charge in [-0.1, -0.05) is 6.92 Å². The molecule has 2 rings (SSSR count). The fourth-order valence-electron chi connectivity index (χ4n) is 1.78. The summed E-state index contributed by atoms with van der Waals surface area (Å²) >= 11 is 0. The molecule has 0 aromatic carbocycles. The van der Waals surface area contributed by atoms with Gasteiger partial charge in [-0.3, -0.25) is 9.48 Å². The lowest BCUT2D eigenvalue weighted by Crippen LogP contribution is -2.15. The highest BCUT2D eigenvalue weighted by Gasteiger charge is 2.32. The van der Waals surface area contributed by atoms with Gasteiger partial charge in [-0.2, -0.15) is 5.10 Å². The monoisotopic (exact) mass is 192 g/mol. The van der Waals surface area contributed by atoms with Gasteiger partial charge < -0.3 is 0 Å². The molecule has 14 heavy (non-hydrogen) atoms. The van der Waals surface area contributed by atoms with Gasteiger partial charge in [0, 0.05) is 25.6 Å². The summed E-state index contributed by atoms with van der Waals surface area (Å²) in [6, 6.07) is 0. The average molecular weight is 192 g/mol. The smallest absolute Gasteiger partial charge is 0.140 e. The molecule has 76 valence electrons. The second-order valence-electron chi connectivity index (χ2n) is 4.29. The molecule has 1 aromatic heterocycles. The highest BCUT2D eigenvalue weighted by Crippen LogP contribution is 2.37. The second-order valence-corrected chi connectivity index (χ2v) is 4.29. The molecule has 1 saturated carbocycles. The standard InChI is InChI=1S/C11H16N2O/c1-8(10-3-4-10)11(14)5-9-6-12-13(2)7-9/h6-8,10H,3-5H2,1-2H3. The van der Waals surface area contributed by atoms with Crippen molar-refractivity contribution >= 4 is 5.78 Å². The first-order valence-corrected chi connectivity index (χ1v) is 5.17. The molecular formula is C11H16N2O. The number of hydrogen-bond donors (Lipinski definition) is 0. The van der Waals surface area contributed by atoms with Gasteiger partial charge in [-0.05, 0) is 24.3 Å². The van der Waals surface area contributed by atoms with Crippen LogP contribution in [0.15, 0.2) is 12.4 Å². The quantitative estimate of drug-likeness (QED) is 0.726. The first kappa shape index (κ1) is 9.44. The van der Waals surface area contributed by atoms with Crippen molar-refractivity contribution in [3.8, 4) is 0 Å². The summed E-state index contributed by atoms with van der Waals surface area (Å²) in [5.74, 6) is 1.27. The first-order chi connectivity index (χ1) is 6.66. The predicted octanol–water partition coefficient (Wildman–Crippen LogP) is 1.58. The largest absolute Gasteiger partial charge is 0.299 e. The maximum Gasteiger partial charge on any atom is 0.140 e. The van der Waals surface area contributed by atoms with E-state index in [0.29, 0.717) is 18.1 Å². The number of rotatable bonds is 4. The molecule has 1 aliphatic carbocycles. The van der Waals surface area contributed by atoms with Crippen molar-refractivity contribution in [3.63, 3.8) is 0 Å². The van der Waals surface area contributed by atoms with Gasteiger partial charge in [0.2, 0.25) is 0 Å².